The van der Waals surface area contributed by atoms with Crippen molar-refractivity contribution in [2.45, 2.75) is 51.4 Å². The van der Waals surface area contributed by atoms with Crippen LogP contribution in [-0.2, 0) is 16.6 Å². The number of halogens is 1. The molecule has 0 aliphatic carbocycles. The molecule has 0 saturated carbocycles. The van der Waals surface area contributed by atoms with Crippen molar-refractivity contribution in [2.75, 3.05) is 36.5 Å². The normalized spacial score (nSPS) is 21.6. The maximum absolute atomic E-state index is 15.2. The van der Waals surface area contributed by atoms with Crippen molar-refractivity contribution in [3.63, 3.8) is 0 Å². The molecule has 2 aromatic rings. The van der Waals surface area contributed by atoms with E-state index < -0.39 is 29.9 Å². The number of rotatable bonds is 3. The lowest BCUT2D eigenvalue weighted by Gasteiger charge is -2.40. The second-order valence-electron chi connectivity index (χ2n) is 9.81. The minimum absolute atomic E-state index is 0.144. The summed E-state index contributed by atoms with van der Waals surface area (Å²) in [7, 11) is 3.36. The molecule has 1 N–H and O–H groups in total. The number of imide groups is 1. The van der Waals surface area contributed by atoms with Gasteiger partial charge in [0.05, 0.1) is 18.1 Å². The van der Waals surface area contributed by atoms with Gasteiger partial charge in [-0.1, -0.05) is 0 Å². The Morgan fingerprint density at radius 1 is 1.26 bits per heavy atom. The standard InChI is InChI=1S/C23H31FN6O4/c1-23(2,3)34-22(33)27(4)17-8-10-29(13-16(17)24)14-6-7-15-18(12-14)28(5)26-20(15)30-11-9-19(31)25-21(30)32/h6-7,12,16-17H,8-11,13H2,1-5H3,(H,25,31,32)/t16-,17+/m1/s1. The molecule has 0 spiro atoms. The number of alkyl halides is 1. The molecule has 10 nitrogen and oxygen atoms in total. The van der Waals surface area contributed by atoms with Crippen LogP contribution in [0.1, 0.15) is 33.6 Å². The molecule has 11 heteroatoms. The van der Waals surface area contributed by atoms with Crippen molar-refractivity contribution in [1.82, 2.24) is 20.0 Å². The highest BCUT2D eigenvalue weighted by Gasteiger charge is 2.36. The van der Waals surface area contributed by atoms with E-state index >= 15 is 4.39 Å². The lowest BCUT2D eigenvalue weighted by molar-refractivity contribution is -0.120. The highest BCUT2D eigenvalue weighted by Crippen LogP contribution is 2.32. The minimum atomic E-state index is -1.24. The van der Waals surface area contributed by atoms with Crippen molar-refractivity contribution < 1.29 is 23.5 Å². The second-order valence-corrected chi connectivity index (χ2v) is 9.81. The van der Waals surface area contributed by atoms with Crippen LogP contribution < -0.4 is 15.1 Å². The number of aryl methyl sites for hydroxylation is 1. The molecule has 1 aromatic carbocycles. The minimum Gasteiger partial charge on any atom is -0.444 e. The molecule has 1 aromatic heterocycles. The molecule has 4 rings (SSSR count). The Morgan fingerprint density at radius 3 is 2.65 bits per heavy atom. The summed E-state index contributed by atoms with van der Waals surface area (Å²) in [6.45, 7) is 6.33. The summed E-state index contributed by atoms with van der Waals surface area (Å²) >= 11 is 0. The predicted molar refractivity (Wildman–Crippen MR) is 126 cm³/mol. The van der Waals surface area contributed by atoms with E-state index in [2.05, 4.69) is 10.4 Å². The number of fused-ring (bicyclic) bond motifs is 1. The molecule has 184 valence electrons. The van der Waals surface area contributed by atoms with Gasteiger partial charge >= 0.3 is 12.1 Å². The van der Waals surface area contributed by atoms with E-state index in [4.69, 9.17) is 4.74 Å². The Morgan fingerprint density at radius 2 is 2.00 bits per heavy atom. The molecule has 34 heavy (non-hydrogen) atoms. The Labute approximate surface area is 197 Å². The molecule has 3 heterocycles. The molecular formula is C23H31FN6O4. The van der Waals surface area contributed by atoms with E-state index in [1.807, 2.05) is 23.1 Å². The number of aromatic nitrogens is 2. The SMILES string of the molecule is CN(C(=O)OC(C)(C)C)[C@H]1CCN(c2ccc3c(N4CCC(=O)NC4=O)nn(C)c3c2)C[C@H]1F. The van der Waals surface area contributed by atoms with Crippen LogP contribution in [0.4, 0.5) is 25.5 Å². The third-order valence-corrected chi connectivity index (χ3v) is 6.18. The summed E-state index contributed by atoms with van der Waals surface area (Å²) in [5.74, 6) is 0.181. The lowest BCUT2D eigenvalue weighted by Crippen LogP contribution is -2.53. The van der Waals surface area contributed by atoms with E-state index in [1.54, 1.807) is 39.5 Å². The monoisotopic (exact) mass is 474 g/mol. The Kier molecular flexibility index (Phi) is 6.13. The van der Waals surface area contributed by atoms with E-state index in [1.165, 1.54) is 9.80 Å². The fourth-order valence-electron chi connectivity index (χ4n) is 4.42. The zero-order chi connectivity index (χ0) is 24.8. The summed E-state index contributed by atoms with van der Waals surface area (Å²) in [4.78, 5) is 40.9. The zero-order valence-corrected chi connectivity index (χ0v) is 20.2. The fraction of sp³-hybridized carbons (Fsp3) is 0.565. The summed E-state index contributed by atoms with van der Waals surface area (Å²) in [5, 5.41) is 7.58. The van der Waals surface area contributed by atoms with Gasteiger partial charge in [-0.25, -0.2) is 14.0 Å². The predicted octanol–water partition coefficient (Wildman–Crippen LogP) is 2.80. The quantitative estimate of drug-likeness (QED) is 0.734. The third kappa shape index (κ3) is 4.64. The van der Waals surface area contributed by atoms with E-state index in [0.29, 0.717) is 18.8 Å². The smallest absolute Gasteiger partial charge is 0.410 e. The van der Waals surface area contributed by atoms with Crippen LogP contribution in [-0.4, -0.2) is 77.2 Å². The van der Waals surface area contributed by atoms with Gasteiger partial charge < -0.3 is 14.5 Å². The van der Waals surface area contributed by atoms with Crippen LogP contribution in [0.2, 0.25) is 0 Å². The number of ether oxygens (including phenoxy) is 1. The highest BCUT2D eigenvalue weighted by molar-refractivity contribution is 6.09. The first kappa shape index (κ1) is 23.8. The molecule has 0 bridgehead atoms. The Hall–Kier alpha value is -3.37. The number of carbonyl (C=O) groups excluding carboxylic acids is 3. The molecule has 0 unspecified atom stereocenters. The van der Waals surface area contributed by atoms with Gasteiger partial charge in [0.1, 0.15) is 11.8 Å². The molecule has 2 atom stereocenters. The maximum atomic E-state index is 15.2. The van der Waals surface area contributed by atoms with Crippen LogP contribution in [0.25, 0.3) is 10.9 Å². The number of hydrogen-bond donors (Lipinski definition) is 1. The van der Waals surface area contributed by atoms with Gasteiger partial charge in [0.25, 0.3) is 0 Å². The van der Waals surface area contributed by atoms with Gasteiger partial charge in [0.15, 0.2) is 5.82 Å². The average Bonchev–Trinajstić information content (AvgIpc) is 3.07. The first-order chi connectivity index (χ1) is 15.9. The van der Waals surface area contributed by atoms with Crippen LogP contribution in [0.15, 0.2) is 18.2 Å². The Bertz CT molecular complexity index is 1130. The first-order valence-electron chi connectivity index (χ1n) is 11.4. The van der Waals surface area contributed by atoms with Crippen LogP contribution in [0.5, 0.6) is 0 Å². The number of piperidine rings is 1. The third-order valence-electron chi connectivity index (χ3n) is 6.18. The van der Waals surface area contributed by atoms with Crippen molar-refractivity contribution in [2.24, 2.45) is 7.05 Å². The van der Waals surface area contributed by atoms with Gasteiger partial charge in [0.2, 0.25) is 5.91 Å². The van der Waals surface area contributed by atoms with E-state index in [9.17, 15) is 14.4 Å². The topological polar surface area (TPSA) is 100 Å². The van der Waals surface area contributed by atoms with Crippen LogP contribution in [0.3, 0.4) is 0 Å². The van der Waals surface area contributed by atoms with E-state index in [-0.39, 0.29) is 25.4 Å². The molecular weight excluding hydrogens is 443 g/mol. The second kappa shape index (κ2) is 8.77. The number of benzene rings is 1. The molecule has 2 aliphatic heterocycles. The summed E-state index contributed by atoms with van der Waals surface area (Å²) in [6, 6.07) is 4.62. The van der Waals surface area contributed by atoms with Crippen LogP contribution >= 0.6 is 0 Å². The summed E-state index contributed by atoms with van der Waals surface area (Å²) in [5.41, 5.74) is 0.988. The lowest BCUT2D eigenvalue weighted by atomic mass is 10.0. The molecule has 2 aliphatic rings. The van der Waals surface area contributed by atoms with Crippen LogP contribution in [0, 0.1) is 0 Å². The number of carbonyl (C=O) groups is 3. The van der Waals surface area contributed by atoms with Crippen molar-refractivity contribution in [1.29, 1.82) is 0 Å². The number of urea groups is 1. The van der Waals surface area contributed by atoms with Crippen molar-refractivity contribution in [3.8, 4) is 0 Å². The van der Waals surface area contributed by atoms with E-state index in [0.717, 1.165) is 16.6 Å². The van der Waals surface area contributed by atoms with Crippen molar-refractivity contribution >= 4 is 40.4 Å². The maximum Gasteiger partial charge on any atom is 0.410 e. The Balaban J connectivity index is 1.50. The zero-order valence-electron chi connectivity index (χ0n) is 20.2. The summed E-state index contributed by atoms with van der Waals surface area (Å²) < 4.78 is 22.2. The number of amides is 4. The molecule has 2 fully saturated rings. The van der Waals surface area contributed by atoms with Crippen molar-refractivity contribution in [3.05, 3.63) is 18.2 Å². The fourth-order valence-corrected chi connectivity index (χ4v) is 4.42. The molecule has 4 amide bonds. The van der Waals surface area contributed by atoms with Gasteiger partial charge in [0, 0.05) is 44.7 Å². The molecule has 2 saturated heterocycles. The van der Waals surface area contributed by atoms with Gasteiger partial charge in [-0.05, 0) is 45.4 Å². The molecule has 0 radical (unpaired) electrons. The average molecular weight is 475 g/mol. The number of anilines is 2. The van der Waals surface area contributed by atoms with Gasteiger partial charge in [-0.2, -0.15) is 5.10 Å². The number of nitrogens with zero attached hydrogens (tertiary/aromatic N) is 5. The number of nitrogens with one attached hydrogen (secondary N) is 1. The number of hydrogen-bond acceptors (Lipinski definition) is 6. The van der Waals surface area contributed by atoms with Gasteiger partial charge in [-0.15, -0.1) is 0 Å². The first-order valence-corrected chi connectivity index (χ1v) is 11.4. The highest BCUT2D eigenvalue weighted by atomic mass is 19.1. The largest absolute Gasteiger partial charge is 0.444 e. The summed E-state index contributed by atoms with van der Waals surface area (Å²) in [6.07, 6.45) is -1.08. The van der Waals surface area contributed by atoms with Gasteiger partial charge in [-0.3, -0.25) is 19.7 Å².